The van der Waals surface area contributed by atoms with Gasteiger partial charge in [0.1, 0.15) is 5.82 Å². The first kappa shape index (κ1) is 24.9. The summed E-state index contributed by atoms with van der Waals surface area (Å²) < 4.78 is 0. The van der Waals surface area contributed by atoms with E-state index in [1.165, 1.54) is 16.1 Å². The number of para-hydroxylation sites is 2. The van der Waals surface area contributed by atoms with E-state index in [2.05, 4.69) is 56.4 Å². The molecule has 3 aromatic carbocycles. The zero-order valence-electron chi connectivity index (χ0n) is 21.0. The van der Waals surface area contributed by atoms with Crippen molar-refractivity contribution in [2.75, 3.05) is 21.4 Å². The van der Waals surface area contributed by atoms with Crippen molar-refractivity contribution in [3.63, 3.8) is 0 Å². The molecular formula is C29H30N8O. The molecule has 9 nitrogen and oxygen atoms in total. The van der Waals surface area contributed by atoms with Crippen molar-refractivity contribution < 1.29 is 4.79 Å². The maximum atomic E-state index is 12.6. The van der Waals surface area contributed by atoms with Crippen LogP contribution in [0.1, 0.15) is 32.9 Å². The zero-order valence-corrected chi connectivity index (χ0v) is 21.0. The van der Waals surface area contributed by atoms with Gasteiger partial charge >= 0.3 is 0 Å². The highest BCUT2D eigenvalue weighted by Crippen LogP contribution is 2.24. The Labute approximate surface area is 221 Å². The van der Waals surface area contributed by atoms with Gasteiger partial charge in [0, 0.05) is 18.0 Å². The second-order valence-corrected chi connectivity index (χ2v) is 9.25. The Bertz CT molecular complexity index is 1430. The Kier molecular flexibility index (Phi) is 7.28. The summed E-state index contributed by atoms with van der Waals surface area (Å²) in [5.41, 5.74) is 11.1. The number of benzene rings is 3. The summed E-state index contributed by atoms with van der Waals surface area (Å²) in [5, 5.41) is 7.76. The molecule has 1 aromatic heterocycles. The highest BCUT2D eigenvalue weighted by atomic mass is 16.1. The Hall–Kier alpha value is -4.76. The average molecular weight is 507 g/mol. The van der Waals surface area contributed by atoms with Crippen LogP contribution in [0.3, 0.4) is 0 Å². The van der Waals surface area contributed by atoms with E-state index < -0.39 is 0 Å². The third-order valence-electron chi connectivity index (χ3n) is 6.42. The van der Waals surface area contributed by atoms with E-state index in [9.17, 15) is 4.79 Å². The van der Waals surface area contributed by atoms with Crippen molar-refractivity contribution in [1.82, 2.24) is 15.0 Å². The fourth-order valence-electron chi connectivity index (χ4n) is 4.50. The molecule has 0 spiro atoms. The van der Waals surface area contributed by atoms with Crippen LogP contribution in [-0.2, 0) is 25.8 Å². The van der Waals surface area contributed by atoms with Gasteiger partial charge in [-0.05, 0) is 53.8 Å². The molecule has 1 heterocycles. The number of carbonyl (C=O) groups excluding carboxylic acids is 1. The largest absolute Gasteiger partial charge is 0.397 e. The van der Waals surface area contributed by atoms with E-state index in [0.29, 0.717) is 47.6 Å². The number of hydrogen-bond donors (Lipinski definition) is 4. The van der Waals surface area contributed by atoms with Crippen LogP contribution in [0.4, 0.5) is 23.3 Å². The lowest BCUT2D eigenvalue weighted by atomic mass is 10.1. The molecule has 0 aliphatic heterocycles. The van der Waals surface area contributed by atoms with Crippen molar-refractivity contribution in [2.24, 2.45) is 5.84 Å². The maximum Gasteiger partial charge on any atom is 0.255 e. The number of allylic oxidation sites excluding steroid dienone is 1. The van der Waals surface area contributed by atoms with Crippen molar-refractivity contribution in [2.45, 2.75) is 31.8 Å². The number of nitrogens with two attached hydrogens (primary N) is 2. The van der Waals surface area contributed by atoms with Crippen LogP contribution in [0.15, 0.2) is 85.5 Å². The molecule has 0 radical (unpaired) electrons. The van der Waals surface area contributed by atoms with Crippen molar-refractivity contribution >= 4 is 29.2 Å². The summed E-state index contributed by atoms with van der Waals surface area (Å²) in [6.07, 6.45) is 4.08. The van der Waals surface area contributed by atoms with Gasteiger partial charge in [-0.2, -0.15) is 15.0 Å². The fraction of sp³-hybridized carbons (Fsp3) is 0.172. The minimum Gasteiger partial charge on any atom is -0.397 e. The minimum absolute atomic E-state index is 0.204. The van der Waals surface area contributed by atoms with E-state index in [1.807, 2.05) is 24.3 Å². The van der Waals surface area contributed by atoms with Crippen molar-refractivity contribution in [3.8, 4) is 0 Å². The van der Waals surface area contributed by atoms with Gasteiger partial charge < -0.3 is 16.4 Å². The standard InChI is InChI=1S/C29H30N8O/c1-2-7-26-34-28(32-23-16-21-8-3-4-9-22(21)17-23)36-29(35-26)37(31)18-19-12-14-20(15-13-19)27(38)33-25-11-6-5-10-24(25)30/h2-6,8-15,23H,1,7,16-18,30-31H2,(H,33,38)(H,32,34,35,36). The molecule has 9 heteroatoms. The van der Waals surface area contributed by atoms with Crippen LogP contribution in [0, 0.1) is 0 Å². The number of fused-ring (bicyclic) bond motifs is 1. The van der Waals surface area contributed by atoms with Crippen LogP contribution in [0.2, 0.25) is 0 Å². The number of nitrogens with one attached hydrogen (secondary N) is 2. The van der Waals surface area contributed by atoms with E-state index in [0.717, 1.165) is 18.4 Å². The first-order valence-corrected chi connectivity index (χ1v) is 12.4. The lowest BCUT2D eigenvalue weighted by Crippen LogP contribution is -2.33. The van der Waals surface area contributed by atoms with E-state index >= 15 is 0 Å². The molecule has 38 heavy (non-hydrogen) atoms. The van der Waals surface area contributed by atoms with Gasteiger partial charge in [-0.3, -0.25) is 9.80 Å². The number of amides is 1. The molecule has 1 amide bonds. The molecular weight excluding hydrogens is 476 g/mol. The molecule has 4 aromatic rings. The van der Waals surface area contributed by atoms with Gasteiger partial charge in [0.2, 0.25) is 11.9 Å². The Morgan fingerprint density at radius 1 is 0.974 bits per heavy atom. The number of hydrazine groups is 1. The molecule has 192 valence electrons. The number of anilines is 4. The number of hydrogen-bond acceptors (Lipinski definition) is 8. The number of aromatic nitrogens is 3. The molecule has 0 unspecified atom stereocenters. The Morgan fingerprint density at radius 3 is 2.34 bits per heavy atom. The molecule has 0 bridgehead atoms. The van der Waals surface area contributed by atoms with E-state index in [-0.39, 0.29) is 11.9 Å². The summed E-state index contributed by atoms with van der Waals surface area (Å²) in [5.74, 6) is 7.59. The van der Waals surface area contributed by atoms with Crippen LogP contribution in [0.5, 0.6) is 0 Å². The molecule has 0 saturated heterocycles. The van der Waals surface area contributed by atoms with Crippen LogP contribution < -0.4 is 27.2 Å². The van der Waals surface area contributed by atoms with Gasteiger partial charge in [0.05, 0.1) is 17.9 Å². The second kappa shape index (κ2) is 11.1. The lowest BCUT2D eigenvalue weighted by molar-refractivity contribution is 0.102. The van der Waals surface area contributed by atoms with E-state index in [1.54, 1.807) is 30.3 Å². The van der Waals surface area contributed by atoms with Gasteiger partial charge in [-0.1, -0.05) is 54.6 Å². The molecule has 1 aliphatic carbocycles. The normalized spacial score (nSPS) is 12.6. The first-order chi connectivity index (χ1) is 18.5. The van der Waals surface area contributed by atoms with Gasteiger partial charge in [-0.25, -0.2) is 5.84 Å². The predicted molar refractivity (Wildman–Crippen MR) is 151 cm³/mol. The monoisotopic (exact) mass is 506 g/mol. The number of nitrogen functional groups attached to an aromatic ring is 1. The summed E-state index contributed by atoms with van der Waals surface area (Å²) in [4.78, 5) is 26.3. The predicted octanol–water partition coefficient (Wildman–Crippen LogP) is 3.89. The summed E-state index contributed by atoms with van der Waals surface area (Å²) in [7, 11) is 0. The first-order valence-electron chi connectivity index (χ1n) is 12.4. The summed E-state index contributed by atoms with van der Waals surface area (Å²) in [6.45, 7) is 4.15. The van der Waals surface area contributed by atoms with E-state index in [4.69, 9.17) is 11.6 Å². The zero-order chi connectivity index (χ0) is 26.5. The molecule has 5 rings (SSSR count). The topological polar surface area (TPSA) is 135 Å². The minimum atomic E-state index is -0.240. The SMILES string of the molecule is C=CCc1nc(NC2Cc3ccccc3C2)nc(N(N)Cc2ccc(C(=O)Nc3ccccc3N)cc2)n1. The van der Waals surface area contributed by atoms with Crippen LogP contribution in [0.25, 0.3) is 0 Å². The summed E-state index contributed by atoms with van der Waals surface area (Å²) >= 11 is 0. The fourth-order valence-corrected chi connectivity index (χ4v) is 4.50. The lowest BCUT2D eigenvalue weighted by Gasteiger charge is -2.19. The third kappa shape index (κ3) is 5.79. The van der Waals surface area contributed by atoms with Gasteiger partial charge in [-0.15, -0.1) is 6.58 Å². The second-order valence-electron chi connectivity index (χ2n) is 9.25. The molecule has 0 atom stereocenters. The highest BCUT2D eigenvalue weighted by Gasteiger charge is 2.22. The van der Waals surface area contributed by atoms with Crippen LogP contribution >= 0.6 is 0 Å². The average Bonchev–Trinajstić information content (AvgIpc) is 3.32. The van der Waals surface area contributed by atoms with Gasteiger partial charge in [0.15, 0.2) is 0 Å². The maximum absolute atomic E-state index is 12.6. The summed E-state index contributed by atoms with van der Waals surface area (Å²) in [6, 6.07) is 23.0. The number of nitrogens with zero attached hydrogens (tertiary/aromatic N) is 4. The molecule has 1 aliphatic rings. The third-order valence-corrected chi connectivity index (χ3v) is 6.42. The van der Waals surface area contributed by atoms with Crippen LogP contribution in [-0.4, -0.2) is 26.9 Å². The smallest absolute Gasteiger partial charge is 0.255 e. The van der Waals surface area contributed by atoms with Gasteiger partial charge in [0.25, 0.3) is 5.91 Å². The van der Waals surface area contributed by atoms with Crippen molar-refractivity contribution in [1.29, 1.82) is 0 Å². The number of carbonyl (C=O) groups is 1. The number of rotatable bonds is 9. The molecule has 0 fully saturated rings. The Morgan fingerprint density at radius 2 is 1.66 bits per heavy atom. The quantitative estimate of drug-likeness (QED) is 0.116. The Balaban J connectivity index is 1.26. The highest BCUT2D eigenvalue weighted by molar-refractivity contribution is 6.05. The molecule has 0 saturated carbocycles. The molecule has 6 N–H and O–H groups in total. The van der Waals surface area contributed by atoms with Crippen molar-refractivity contribution in [3.05, 3.63) is 114 Å².